The highest BCUT2D eigenvalue weighted by Crippen LogP contribution is 2.23. The zero-order valence-corrected chi connectivity index (χ0v) is 10.1. The van der Waals surface area contributed by atoms with Crippen LogP contribution in [0.25, 0.3) is 0 Å². The van der Waals surface area contributed by atoms with Crippen molar-refractivity contribution in [3.05, 3.63) is 22.3 Å². The third kappa shape index (κ3) is 3.72. The van der Waals surface area contributed by atoms with Crippen molar-refractivity contribution < 1.29 is 0 Å². The fourth-order valence-corrected chi connectivity index (χ4v) is 1.12. The molecule has 78 valence electrons. The molecule has 0 amide bonds. The molecule has 0 radical (unpaired) electrons. The van der Waals surface area contributed by atoms with Gasteiger partial charge in [0.05, 0.1) is 10.0 Å². The van der Waals surface area contributed by atoms with E-state index in [9.17, 15) is 0 Å². The van der Waals surface area contributed by atoms with Crippen molar-refractivity contribution in [3.63, 3.8) is 0 Å². The lowest BCUT2D eigenvalue weighted by atomic mass is 9.97. The highest BCUT2D eigenvalue weighted by Gasteiger charge is 2.10. The number of pyridine rings is 1. The molecule has 0 aliphatic heterocycles. The summed E-state index contributed by atoms with van der Waals surface area (Å²) in [6.45, 7) is 7.30. The van der Waals surface area contributed by atoms with E-state index in [0.29, 0.717) is 10.0 Å². The first-order chi connectivity index (χ1) is 6.38. The van der Waals surface area contributed by atoms with E-state index >= 15 is 0 Å². The van der Waals surface area contributed by atoms with Crippen molar-refractivity contribution in [2.75, 3.05) is 11.9 Å². The summed E-state index contributed by atoms with van der Waals surface area (Å²) >= 11 is 11.6. The van der Waals surface area contributed by atoms with Gasteiger partial charge in [0.15, 0.2) is 0 Å². The summed E-state index contributed by atoms with van der Waals surface area (Å²) in [5.74, 6) is 0.759. The molecular weight excluding hydrogens is 219 g/mol. The van der Waals surface area contributed by atoms with Crippen LogP contribution in [-0.2, 0) is 0 Å². The Labute approximate surface area is 94.6 Å². The van der Waals surface area contributed by atoms with E-state index in [4.69, 9.17) is 23.2 Å². The maximum absolute atomic E-state index is 5.85. The van der Waals surface area contributed by atoms with E-state index in [0.717, 1.165) is 12.4 Å². The highest BCUT2D eigenvalue weighted by molar-refractivity contribution is 6.42. The van der Waals surface area contributed by atoms with Crippen molar-refractivity contribution in [3.8, 4) is 0 Å². The highest BCUT2D eigenvalue weighted by atomic mass is 35.5. The van der Waals surface area contributed by atoms with E-state index in [-0.39, 0.29) is 5.41 Å². The molecular formula is C10H14Cl2N2. The topological polar surface area (TPSA) is 24.9 Å². The third-order valence-corrected chi connectivity index (χ3v) is 2.32. The molecule has 0 bridgehead atoms. The minimum absolute atomic E-state index is 0.216. The lowest BCUT2D eigenvalue weighted by molar-refractivity contribution is 0.442. The molecule has 4 heteroatoms. The summed E-state index contributed by atoms with van der Waals surface area (Å²) in [5, 5.41) is 4.20. The van der Waals surface area contributed by atoms with Crippen LogP contribution in [-0.4, -0.2) is 11.5 Å². The van der Waals surface area contributed by atoms with Gasteiger partial charge in [-0.15, -0.1) is 0 Å². The fraction of sp³-hybridized carbons (Fsp3) is 0.500. The molecule has 1 N–H and O–H groups in total. The molecule has 1 aromatic heterocycles. The molecule has 0 aliphatic rings. The van der Waals surface area contributed by atoms with Crippen molar-refractivity contribution in [2.45, 2.75) is 20.8 Å². The smallest absolute Gasteiger partial charge is 0.127 e. The Hall–Kier alpha value is -0.470. The van der Waals surface area contributed by atoms with Crippen LogP contribution in [0.3, 0.4) is 0 Å². The largest absolute Gasteiger partial charge is 0.370 e. The van der Waals surface area contributed by atoms with Gasteiger partial charge in [-0.2, -0.15) is 0 Å². The number of rotatable bonds is 2. The number of nitrogens with zero attached hydrogens (tertiary/aromatic N) is 1. The van der Waals surface area contributed by atoms with Crippen molar-refractivity contribution in [2.24, 2.45) is 5.41 Å². The molecule has 0 atom stereocenters. The molecule has 0 saturated carbocycles. The maximum atomic E-state index is 5.85. The minimum Gasteiger partial charge on any atom is -0.370 e. The van der Waals surface area contributed by atoms with Crippen LogP contribution >= 0.6 is 23.2 Å². The van der Waals surface area contributed by atoms with E-state index in [1.165, 1.54) is 0 Å². The van der Waals surface area contributed by atoms with Gasteiger partial charge in [-0.3, -0.25) is 0 Å². The Morgan fingerprint density at radius 2 is 1.93 bits per heavy atom. The second kappa shape index (κ2) is 4.37. The molecule has 2 nitrogen and oxygen atoms in total. The van der Waals surface area contributed by atoms with Gasteiger partial charge in [0.25, 0.3) is 0 Å². The summed E-state index contributed by atoms with van der Waals surface area (Å²) in [6, 6.07) is 1.73. The second-order valence-electron chi connectivity index (χ2n) is 4.40. The van der Waals surface area contributed by atoms with Gasteiger partial charge in [-0.05, 0) is 5.41 Å². The van der Waals surface area contributed by atoms with Gasteiger partial charge in [-0.25, -0.2) is 4.98 Å². The molecule has 0 spiro atoms. The van der Waals surface area contributed by atoms with Crippen LogP contribution in [0.15, 0.2) is 12.3 Å². The Bertz CT molecular complexity index is 318. The number of aromatic nitrogens is 1. The summed E-state index contributed by atoms with van der Waals surface area (Å²) in [5.41, 5.74) is 0.216. The summed E-state index contributed by atoms with van der Waals surface area (Å²) in [7, 11) is 0. The zero-order valence-electron chi connectivity index (χ0n) is 8.56. The number of halogens is 2. The first-order valence-electron chi connectivity index (χ1n) is 4.43. The Morgan fingerprint density at radius 3 is 2.43 bits per heavy atom. The van der Waals surface area contributed by atoms with Gasteiger partial charge in [-0.1, -0.05) is 44.0 Å². The molecule has 14 heavy (non-hydrogen) atoms. The Kier molecular flexibility index (Phi) is 3.62. The Balaban J connectivity index is 2.65. The summed E-state index contributed by atoms with van der Waals surface area (Å²) in [4.78, 5) is 4.11. The van der Waals surface area contributed by atoms with E-state index in [1.807, 2.05) is 0 Å². The average molecular weight is 233 g/mol. The lowest BCUT2D eigenvalue weighted by Gasteiger charge is -2.19. The monoisotopic (exact) mass is 232 g/mol. The van der Waals surface area contributed by atoms with Gasteiger partial charge in [0.2, 0.25) is 0 Å². The normalized spacial score (nSPS) is 11.5. The maximum Gasteiger partial charge on any atom is 0.127 e. The van der Waals surface area contributed by atoms with Gasteiger partial charge in [0, 0.05) is 18.8 Å². The van der Waals surface area contributed by atoms with E-state index in [2.05, 4.69) is 31.1 Å². The number of hydrogen-bond acceptors (Lipinski definition) is 2. The molecule has 1 heterocycles. The predicted molar refractivity (Wildman–Crippen MR) is 62.2 cm³/mol. The van der Waals surface area contributed by atoms with Crippen molar-refractivity contribution in [1.82, 2.24) is 4.98 Å². The molecule has 1 rings (SSSR count). The van der Waals surface area contributed by atoms with Crippen molar-refractivity contribution in [1.29, 1.82) is 0 Å². The van der Waals surface area contributed by atoms with E-state index in [1.54, 1.807) is 12.3 Å². The van der Waals surface area contributed by atoms with Gasteiger partial charge in [0.1, 0.15) is 5.82 Å². The van der Waals surface area contributed by atoms with Crippen LogP contribution in [0.5, 0.6) is 0 Å². The summed E-state index contributed by atoms with van der Waals surface area (Å²) in [6.07, 6.45) is 1.55. The minimum atomic E-state index is 0.216. The lowest BCUT2D eigenvalue weighted by Crippen LogP contribution is -2.19. The van der Waals surface area contributed by atoms with Crippen LogP contribution in [0.2, 0.25) is 10.0 Å². The number of anilines is 1. The van der Waals surface area contributed by atoms with Crippen LogP contribution in [0.1, 0.15) is 20.8 Å². The summed E-state index contributed by atoms with van der Waals surface area (Å²) < 4.78 is 0. The quantitative estimate of drug-likeness (QED) is 0.839. The predicted octanol–water partition coefficient (Wildman–Crippen LogP) is 3.85. The van der Waals surface area contributed by atoms with E-state index < -0.39 is 0 Å². The SMILES string of the molecule is CC(C)(C)CNc1cc(Cl)c(Cl)cn1. The molecule has 0 aliphatic carbocycles. The zero-order chi connectivity index (χ0) is 10.8. The van der Waals surface area contributed by atoms with Crippen LogP contribution < -0.4 is 5.32 Å². The third-order valence-electron chi connectivity index (χ3n) is 1.61. The molecule has 0 saturated heterocycles. The number of nitrogens with one attached hydrogen (secondary N) is 1. The molecule has 0 aromatic carbocycles. The van der Waals surface area contributed by atoms with Crippen LogP contribution in [0.4, 0.5) is 5.82 Å². The van der Waals surface area contributed by atoms with Gasteiger partial charge >= 0.3 is 0 Å². The van der Waals surface area contributed by atoms with Gasteiger partial charge < -0.3 is 5.32 Å². The first-order valence-corrected chi connectivity index (χ1v) is 5.19. The van der Waals surface area contributed by atoms with Crippen molar-refractivity contribution >= 4 is 29.0 Å². The first kappa shape index (κ1) is 11.6. The average Bonchev–Trinajstić information content (AvgIpc) is 2.06. The molecule has 0 unspecified atom stereocenters. The second-order valence-corrected chi connectivity index (χ2v) is 5.21. The number of hydrogen-bond donors (Lipinski definition) is 1. The Morgan fingerprint density at radius 1 is 1.29 bits per heavy atom. The fourth-order valence-electron chi connectivity index (χ4n) is 0.867. The van der Waals surface area contributed by atoms with Crippen LogP contribution in [0, 0.1) is 5.41 Å². The molecule has 0 fully saturated rings. The standard InChI is InChI=1S/C10H14Cl2N2/c1-10(2,3)6-14-9-4-7(11)8(12)5-13-9/h4-5H,6H2,1-3H3,(H,13,14). The molecule has 1 aromatic rings.